The lowest BCUT2D eigenvalue weighted by Gasteiger charge is -2.34. The number of fused-ring (bicyclic) bond motifs is 16. The first-order valence-electron chi connectivity index (χ1n) is 30.8. The van der Waals surface area contributed by atoms with Crippen LogP contribution in [0.2, 0.25) is 0 Å². The Balaban J connectivity index is 0.913. The summed E-state index contributed by atoms with van der Waals surface area (Å²) < 4.78 is 0. The summed E-state index contributed by atoms with van der Waals surface area (Å²) in [7, 11) is 0. The van der Waals surface area contributed by atoms with Crippen LogP contribution in [0, 0.1) is 0 Å². The first-order valence-corrected chi connectivity index (χ1v) is 30.8. The Bertz CT molecular complexity index is 4670. The van der Waals surface area contributed by atoms with Gasteiger partial charge in [-0.15, -0.1) is 0 Å². The van der Waals surface area contributed by atoms with E-state index in [1.165, 1.54) is 134 Å². The van der Waals surface area contributed by atoms with Crippen molar-refractivity contribution in [2.75, 3.05) is 4.90 Å². The Hall–Kier alpha value is -9.56. The van der Waals surface area contributed by atoms with Crippen LogP contribution in [0.3, 0.4) is 0 Å². The van der Waals surface area contributed by atoms with Gasteiger partial charge in [-0.05, 0) is 195 Å². The molecule has 4 aliphatic rings. The van der Waals surface area contributed by atoms with Crippen LogP contribution < -0.4 is 4.90 Å². The van der Waals surface area contributed by atoms with Crippen molar-refractivity contribution < 1.29 is 0 Å². The third-order valence-corrected chi connectivity index (χ3v) is 20.4. The smallest absolute Gasteiger partial charge is 0.0726 e. The number of rotatable bonds is 7. The molecule has 0 radical (unpaired) electrons. The maximum absolute atomic E-state index is 2.57. The number of nitrogens with zero attached hydrogens (tertiary/aromatic N) is 1. The van der Waals surface area contributed by atoms with Crippen molar-refractivity contribution in [2.45, 2.75) is 82.5 Å². The zero-order chi connectivity index (χ0) is 58.5. The van der Waals surface area contributed by atoms with E-state index in [0.717, 1.165) is 17.1 Å². The Labute approximate surface area is 508 Å². The van der Waals surface area contributed by atoms with E-state index in [-0.39, 0.29) is 21.7 Å². The van der Waals surface area contributed by atoms with Gasteiger partial charge in [0.25, 0.3) is 0 Å². The molecule has 0 fully saturated rings. The van der Waals surface area contributed by atoms with E-state index in [1.54, 1.807) is 0 Å². The minimum Gasteiger partial charge on any atom is -0.310 e. The van der Waals surface area contributed by atoms with Gasteiger partial charge in [0.1, 0.15) is 0 Å². The highest BCUT2D eigenvalue weighted by Gasteiger charge is 2.53. The number of hydrogen-bond donors (Lipinski definition) is 0. The van der Waals surface area contributed by atoms with Crippen LogP contribution in [-0.4, -0.2) is 0 Å². The fourth-order valence-corrected chi connectivity index (χ4v) is 15.9. The van der Waals surface area contributed by atoms with Gasteiger partial charge < -0.3 is 4.90 Å². The van der Waals surface area contributed by atoms with Crippen molar-refractivity contribution in [3.05, 3.63) is 340 Å². The molecule has 12 aromatic rings. The lowest BCUT2D eigenvalue weighted by molar-refractivity contribution is 0.586. The van der Waals surface area contributed by atoms with Gasteiger partial charge in [0.2, 0.25) is 0 Å². The van der Waals surface area contributed by atoms with Crippen molar-refractivity contribution in [1.29, 1.82) is 0 Å². The molecular weight excluding hydrogens is 1030 g/mol. The minimum absolute atomic E-state index is 0.0533. The summed E-state index contributed by atoms with van der Waals surface area (Å²) in [6.45, 7) is 18.9. The molecular formula is C85H69N. The second-order valence-corrected chi connectivity index (χ2v) is 27.0. The quantitative estimate of drug-likeness (QED) is 0.154. The van der Waals surface area contributed by atoms with Gasteiger partial charge in [-0.25, -0.2) is 0 Å². The molecule has 16 rings (SSSR count). The third-order valence-electron chi connectivity index (χ3n) is 20.4. The molecule has 86 heavy (non-hydrogen) atoms. The number of para-hydroxylation sites is 1. The summed E-state index contributed by atoms with van der Waals surface area (Å²) in [4.78, 5) is 2.55. The average Bonchev–Trinajstić information content (AvgIpc) is 1.54. The van der Waals surface area contributed by atoms with E-state index in [2.05, 4.69) is 333 Å². The van der Waals surface area contributed by atoms with Gasteiger partial charge >= 0.3 is 0 Å². The predicted molar refractivity (Wildman–Crippen MR) is 361 cm³/mol. The van der Waals surface area contributed by atoms with Gasteiger partial charge in [0.15, 0.2) is 0 Å². The van der Waals surface area contributed by atoms with E-state index < -0.39 is 5.41 Å². The van der Waals surface area contributed by atoms with E-state index >= 15 is 0 Å². The van der Waals surface area contributed by atoms with Gasteiger partial charge in [-0.3, -0.25) is 0 Å². The van der Waals surface area contributed by atoms with Crippen LogP contribution in [0.1, 0.15) is 122 Å². The topological polar surface area (TPSA) is 3.24 Å². The number of hydrogen-bond acceptors (Lipinski definition) is 1. The highest BCUT2D eigenvalue weighted by Crippen LogP contribution is 2.65. The first-order chi connectivity index (χ1) is 41.7. The third kappa shape index (κ3) is 7.37. The summed E-state index contributed by atoms with van der Waals surface area (Å²) in [5, 5.41) is 0. The Kier molecular flexibility index (Phi) is 11.3. The lowest BCUT2D eigenvalue weighted by Crippen LogP contribution is -2.27. The molecule has 1 nitrogen and oxygen atoms in total. The molecule has 0 saturated carbocycles. The number of anilines is 3. The first kappa shape index (κ1) is 52.0. The van der Waals surface area contributed by atoms with E-state index in [1.807, 2.05) is 0 Å². The largest absolute Gasteiger partial charge is 0.310 e. The van der Waals surface area contributed by atoms with Gasteiger partial charge in [0, 0.05) is 27.8 Å². The number of benzene rings is 12. The van der Waals surface area contributed by atoms with Crippen LogP contribution in [0.5, 0.6) is 0 Å². The second kappa shape index (κ2) is 18.7. The average molecular weight is 1100 g/mol. The summed E-state index contributed by atoms with van der Waals surface area (Å²) in [5.74, 6) is 0. The highest BCUT2D eigenvalue weighted by molar-refractivity contribution is 5.98. The van der Waals surface area contributed by atoms with Crippen molar-refractivity contribution in [3.8, 4) is 66.8 Å². The Morgan fingerprint density at radius 2 is 0.616 bits per heavy atom. The van der Waals surface area contributed by atoms with Crippen LogP contribution in [0.25, 0.3) is 66.8 Å². The van der Waals surface area contributed by atoms with E-state index in [9.17, 15) is 0 Å². The van der Waals surface area contributed by atoms with Crippen molar-refractivity contribution in [2.24, 2.45) is 0 Å². The van der Waals surface area contributed by atoms with Crippen molar-refractivity contribution >= 4 is 17.1 Å². The SMILES string of the molecule is CC(C)(C)c1ccc2c(c1)C1(c3ccccc3-c3ccc(N(c4ccc(-c5ccc6c(c5)C(C)(c5ccccc5)c5ccccc5-6)cc4)c4ccccc4-c4ccc5c(c4)C(C)(c4ccccc4)c4ccccc4-5)cc31)c1cc(C(C)(C)C)ccc1-2. The second-order valence-electron chi connectivity index (χ2n) is 27.0. The fraction of sp³-hybridized carbons (Fsp3) is 0.153. The molecule has 1 spiro atoms. The monoisotopic (exact) mass is 1100 g/mol. The maximum atomic E-state index is 2.57. The van der Waals surface area contributed by atoms with Crippen LogP contribution in [-0.2, 0) is 27.1 Å². The summed E-state index contributed by atoms with van der Waals surface area (Å²) >= 11 is 0. The molecule has 2 unspecified atom stereocenters. The zero-order valence-electron chi connectivity index (χ0n) is 50.4. The fourth-order valence-electron chi connectivity index (χ4n) is 15.9. The van der Waals surface area contributed by atoms with Crippen molar-refractivity contribution in [1.82, 2.24) is 0 Å². The molecule has 1 heteroatoms. The summed E-state index contributed by atoms with van der Waals surface area (Å²) in [5.41, 5.74) is 33.3. The van der Waals surface area contributed by atoms with E-state index in [0.29, 0.717) is 0 Å². The molecule has 0 aliphatic heterocycles. The Morgan fingerprint density at radius 3 is 1.14 bits per heavy atom. The molecule has 0 aromatic heterocycles. The predicted octanol–water partition coefficient (Wildman–Crippen LogP) is 22.1. The molecule has 0 amide bonds. The van der Waals surface area contributed by atoms with Gasteiger partial charge in [0.05, 0.1) is 11.1 Å². The lowest BCUT2D eigenvalue weighted by atomic mass is 9.68. The molecule has 12 aromatic carbocycles. The molecule has 0 bridgehead atoms. The van der Waals surface area contributed by atoms with Gasteiger partial charge in [-0.2, -0.15) is 0 Å². The zero-order valence-corrected chi connectivity index (χ0v) is 50.4. The van der Waals surface area contributed by atoms with Crippen LogP contribution in [0.4, 0.5) is 17.1 Å². The highest BCUT2D eigenvalue weighted by atomic mass is 15.1. The standard InChI is InChI=1S/C85H69N/c1-81(2,3)59-39-46-69-70-47-40-60(82(4,5)6)52-78(70)85(77(69)51-59)74-33-21-17-30-66(74)71-48-43-62(53-79(71)85)86(61-41-35-54(36-42-61)55-37-44-67-64-28-15-19-31-72(64)83(7,75(67)49-55)57-23-11-9-12-24-57)80-34-22-18-27-63(80)56-38-45-68-65-29-16-20-32-73(65)84(8,76(68)50-56)58-25-13-10-14-26-58/h9-53H,1-8H3. The van der Waals surface area contributed by atoms with Crippen LogP contribution in [0.15, 0.2) is 273 Å². The van der Waals surface area contributed by atoms with Crippen LogP contribution >= 0.6 is 0 Å². The maximum Gasteiger partial charge on any atom is 0.0726 e. The molecule has 2 atom stereocenters. The molecule has 0 N–H and O–H groups in total. The summed E-state index contributed by atoms with van der Waals surface area (Å²) in [6, 6.07) is 105. The van der Waals surface area contributed by atoms with Crippen molar-refractivity contribution in [3.63, 3.8) is 0 Å². The van der Waals surface area contributed by atoms with Gasteiger partial charge in [-0.1, -0.05) is 272 Å². The molecule has 414 valence electrons. The minimum atomic E-state index is -0.567. The molecule has 0 saturated heterocycles. The molecule has 4 aliphatic carbocycles. The Morgan fingerprint density at radius 1 is 0.256 bits per heavy atom. The molecule has 0 heterocycles. The normalized spacial score (nSPS) is 17.0. The summed E-state index contributed by atoms with van der Waals surface area (Å²) in [6.07, 6.45) is 0. The van der Waals surface area contributed by atoms with E-state index in [4.69, 9.17) is 0 Å².